The molecule has 0 saturated carbocycles. The van der Waals surface area contributed by atoms with E-state index in [4.69, 9.17) is 22.1 Å². The molecule has 0 radical (unpaired) electrons. The molecule has 4 aromatic rings. The van der Waals surface area contributed by atoms with Crippen LogP contribution in [0.3, 0.4) is 0 Å². The molecule has 2 aromatic carbocycles. The van der Waals surface area contributed by atoms with Gasteiger partial charge in [0.15, 0.2) is 5.65 Å². The van der Waals surface area contributed by atoms with Crippen molar-refractivity contribution in [3.63, 3.8) is 0 Å². The second kappa shape index (κ2) is 7.20. The van der Waals surface area contributed by atoms with Crippen molar-refractivity contribution in [1.29, 1.82) is 0 Å². The number of nitrogens with zero attached hydrogens (tertiary/aromatic N) is 4. The van der Waals surface area contributed by atoms with E-state index >= 15 is 0 Å². The molecule has 0 saturated heterocycles. The molecule has 0 atom stereocenters. The molecule has 136 valence electrons. The Balaban J connectivity index is 1.59. The molecular weight excluding hydrogens is 369 g/mol. The first kappa shape index (κ1) is 17.2. The molecule has 2 heterocycles. The monoisotopic (exact) mass is 383 g/mol. The minimum absolute atomic E-state index is 0.0367. The molecule has 4 rings (SSSR count). The zero-order valence-electron chi connectivity index (χ0n) is 14.1. The Bertz CT molecular complexity index is 1100. The summed E-state index contributed by atoms with van der Waals surface area (Å²) < 4.78 is 21.6. The van der Waals surface area contributed by atoms with Gasteiger partial charge in [-0.3, -0.25) is 0 Å². The Hall–Kier alpha value is -3.19. The zero-order chi connectivity index (χ0) is 18.8. The van der Waals surface area contributed by atoms with Gasteiger partial charge < -0.3 is 10.5 Å². The molecule has 6 nitrogen and oxygen atoms in total. The molecule has 0 bridgehead atoms. The smallest absolute Gasteiger partial charge is 0.223 e. The topological polar surface area (TPSA) is 78.8 Å². The van der Waals surface area contributed by atoms with Crippen molar-refractivity contribution >= 4 is 28.6 Å². The summed E-state index contributed by atoms with van der Waals surface area (Å²) in [6.07, 6.45) is 1.53. The third-order valence-electron chi connectivity index (χ3n) is 4.05. The molecule has 0 aliphatic carbocycles. The number of nitrogen functional groups attached to an aromatic ring is 1. The van der Waals surface area contributed by atoms with Crippen LogP contribution in [0.15, 0.2) is 54.7 Å². The van der Waals surface area contributed by atoms with Gasteiger partial charge in [-0.15, -0.1) is 0 Å². The fourth-order valence-corrected chi connectivity index (χ4v) is 2.94. The van der Waals surface area contributed by atoms with E-state index in [-0.39, 0.29) is 23.5 Å². The van der Waals surface area contributed by atoms with Gasteiger partial charge in [0.25, 0.3) is 0 Å². The van der Waals surface area contributed by atoms with Crippen LogP contribution in [0.2, 0.25) is 5.15 Å². The first-order valence-corrected chi connectivity index (χ1v) is 8.57. The van der Waals surface area contributed by atoms with Crippen LogP contribution in [0.1, 0.15) is 11.1 Å². The number of anilines is 1. The van der Waals surface area contributed by atoms with Gasteiger partial charge in [-0.05, 0) is 23.8 Å². The van der Waals surface area contributed by atoms with Crippen LogP contribution in [0.5, 0.6) is 5.75 Å². The molecule has 0 fully saturated rings. The first-order chi connectivity index (χ1) is 13.1. The molecule has 0 amide bonds. The van der Waals surface area contributed by atoms with Gasteiger partial charge in [-0.1, -0.05) is 41.9 Å². The standard InChI is InChI=1S/C19H15ClFN5O/c20-17-15-9-23-26(18(15)25-19(22)24-17)10-13-8-14(6-7-16(13)21)27-11-12-4-2-1-3-5-12/h1-9H,10-11H2,(H2,22,24,25). The van der Waals surface area contributed by atoms with Crippen molar-refractivity contribution in [2.45, 2.75) is 13.2 Å². The molecule has 8 heteroatoms. The third-order valence-corrected chi connectivity index (χ3v) is 4.34. The summed E-state index contributed by atoms with van der Waals surface area (Å²) >= 11 is 6.06. The van der Waals surface area contributed by atoms with Gasteiger partial charge in [0.05, 0.1) is 18.1 Å². The van der Waals surface area contributed by atoms with Crippen molar-refractivity contribution < 1.29 is 9.13 Å². The third kappa shape index (κ3) is 3.68. The summed E-state index contributed by atoms with van der Waals surface area (Å²) in [6, 6.07) is 14.4. The van der Waals surface area contributed by atoms with Crippen molar-refractivity contribution in [3.05, 3.63) is 76.8 Å². The number of halogens is 2. The number of rotatable bonds is 5. The van der Waals surface area contributed by atoms with Crippen LogP contribution < -0.4 is 10.5 Å². The highest BCUT2D eigenvalue weighted by Gasteiger charge is 2.13. The second-order valence-corrected chi connectivity index (χ2v) is 6.30. The molecular formula is C19H15ClFN5O. The summed E-state index contributed by atoms with van der Waals surface area (Å²) in [6.45, 7) is 0.556. The van der Waals surface area contributed by atoms with Gasteiger partial charge in [-0.2, -0.15) is 10.1 Å². The summed E-state index contributed by atoms with van der Waals surface area (Å²) in [5.74, 6) is 0.243. The Kier molecular flexibility index (Phi) is 4.60. The molecule has 0 aliphatic heterocycles. The molecule has 0 aliphatic rings. The van der Waals surface area contributed by atoms with Gasteiger partial charge in [0, 0.05) is 5.56 Å². The number of hydrogen-bond donors (Lipinski definition) is 1. The van der Waals surface area contributed by atoms with Crippen LogP contribution in [0.25, 0.3) is 11.0 Å². The lowest BCUT2D eigenvalue weighted by molar-refractivity contribution is 0.305. The largest absolute Gasteiger partial charge is 0.489 e. The number of aromatic nitrogens is 4. The lowest BCUT2D eigenvalue weighted by atomic mass is 10.2. The van der Waals surface area contributed by atoms with Gasteiger partial charge in [-0.25, -0.2) is 14.1 Å². The highest BCUT2D eigenvalue weighted by Crippen LogP contribution is 2.23. The number of benzene rings is 2. The SMILES string of the molecule is Nc1nc(Cl)c2cnn(Cc3cc(OCc4ccccc4)ccc3F)c2n1. The normalized spacial score (nSPS) is 11.0. The zero-order valence-corrected chi connectivity index (χ0v) is 14.9. The molecule has 27 heavy (non-hydrogen) atoms. The van der Waals surface area contributed by atoms with E-state index in [0.29, 0.717) is 29.0 Å². The van der Waals surface area contributed by atoms with Crippen LogP contribution in [0.4, 0.5) is 10.3 Å². The number of nitrogens with two attached hydrogens (primary N) is 1. The molecule has 0 spiro atoms. The van der Waals surface area contributed by atoms with Gasteiger partial charge in [0.1, 0.15) is 23.3 Å². The van der Waals surface area contributed by atoms with Gasteiger partial charge >= 0.3 is 0 Å². The average Bonchev–Trinajstić information content (AvgIpc) is 3.06. The van der Waals surface area contributed by atoms with Gasteiger partial charge in [0.2, 0.25) is 5.95 Å². The fourth-order valence-electron chi connectivity index (χ4n) is 2.72. The maximum Gasteiger partial charge on any atom is 0.223 e. The summed E-state index contributed by atoms with van der Waals surface area (Å²) in [5, 5.41) is 4.99. The van der Waals surface area contributed by atoms with Crippen molar-refractivity contribution in [3.8, 4) is 5.75 Å². The maximum atomic E-state index is 14.3. The van der Waals surface area contributed by atoms with Crippen LogP contribution in [-0.4, -0.2) is 19.7 Å². The second-order valence-electron chi connectivity index (χ2n) is 5.94. The van der Waals surface area contributed by atoms with E-state index in [0.717, 1.165) is 5.56 Å². The Labute approximate surface area is 159 Å². The highest BCUT2D eigenvalue weighted by atomic mass is 35.5. The van der Waals surface area contributed by atoms with E-state index in [1.807, 2.05) is 30.3 Å². The van der Waals surface area contributed by atoms with Crippen molar-refractivity contribution in [2.24, 2.45) is 0 Å². The van der Waals surface area contributed by atoms with E-state index in [9.17, 15) is 4.39 Å². The predicted molar refractivity (Wildman–Crippen MR) is 101 cm³/mol. The summed E-state index contributed by atoms with van der Waals surface area (Å²) in [4.78, 5) is 8.04. The summed E-state index contributed by atoms with van der Waals surface area (Å²) in [5.41, 5.74) is 7.55. The quantitative estimate of drug-likeness (QED) is 0.530. The molecule has 2 aromatic heterocycles. The van der Waals surface area contributed by atoms with Crippen LogP contribution in [0, 0.1) is 5.82 Å². The Morgan fingerprint density at radius 1 is 1.11 bits per heavy atom. The van der Waals surface area contributed by atoms with E-state index in [1.165, 1.54) is 16.9 Å². The van der Waals surface area contributed by atoms with Crippen molar-refractivity contribution in [2.75, 3.05) is 5.73 Å². The predicted octanol–water partition coefficient (Wildman–Crippen LogP) is 3.83. The van der Waals surface area contributed by atoms with E-state index < -0.39 is 0 Å². The lowest BCUT2D eigenvalue weighted by Crippen LogP contribution is -2.06. The highest BCUT2D eigenvalue weighted by molar-refractivity contribution is 6.34. The Morgan fingerprint density at radius 2 is 1.93 bits per heavy atom. The van der Waals surface area contributed by atoms with Crippen molar-refractivity contribution in [1.82, 2.24) is 19.7 Å². The minimum atomic E-state index is -0.362. The molecule has 2 N–H and O–H groups in total. The minimum Gasteiger partial charge on any atom is -0.489 e. The lowest BCUT2D eigenvalue weighted by Gasteiger charge is -2.10. The number of ether oxygens (including phenoxy) is 1. The number of hydrogen-bond acceptors (Lipinski definition) is 5. The van der Waals surface area contributed by atoms with E-state index in [1.54, 1.807) is 12.1 Å². The van der Waals surface area contributed by atoms with E-state index in [2.05, 4.69) is 15.1 Å². The first-order valence-electron chi connectivity index (χ1n) is 8.20. The summed E-state index contributed by atoms with van der Waals surface area (Å²) in [7, 11) is 0. The average molecular weight is 384 g/mol. The van der Waals surface area contributed by atoms with Crippen LogP contribution >= 0.6 is 11.6 Å². The Morgan fingerprint density at radius 3 is 2.74 bits per heavy atom. The van der Waals surface area contributed by atoms with Crippen LogP contribution in [-0.2, 0) is 13.2 Å². The maximum absolute atomic E-state index is 14.3. The fraction of sp³-hybridized carbons (Fsp3) is 0.105. The molecule has 0 unspecified atom stereocenters. The number of fused-ring (bicyclic) bond motifs is 1.